The molecular weight excluding hydrogens is 305 g/mol. The standard InChI is InChI=1S/C12H7BrClNO2/c13-9-2-4-12(15-6-9)17-11-5-10(14)3-1-8(11)7-16/h1-7H. The lowest BCUT2D eigenvalue weighted by Gasteiger charge is -2.07. The number of aromatic nitrogens is 1. The highest BCUT2D eigenvalue weighted by Gasteiger charge is 2.06. The van der Waals surface area contributed by atoms with Crippen LogP contribution in [0.15, 0.2) is 41.0 Å². The van der Waals surface area contributed by atoms with Gasteiger partial charge in [-0.3, -0.25) is 4.79 Å². The van der Waals surface area contributed by atoms with E-state index in [0.29, 0.717) is 28.5 Å². The molecule has 2 aromatic rings. The van der Waals surface area contributed by atoms with Crippen LogP contribution in [0.5, 0.6) is 11.6 Å². The smallest absolute Gasteiger partial charge is 0.219 e. The Kier molecular flexibility index (Phi) is 3.76. The Labute approximate surface area is 112 Å². The maximum atomic E-state index is 10.8. The number of halogens is 2. The zero-order valence-corrected chi connectivity index (χ0v) is 10.9. The van der Waals surface area contributed by atoms with Gasteiger partial charge in [0, 0.05) is 27.8 Å². The lowest BCUT2D eigenvalue weighted by atomic mass is 10.2. The molecule has 0 fully saturated rings. The Hall–Kier alpha value is -1.39. The van der Waals surface area contributed by atoms with Gasteiger partial charge in [-0.05, 0) is 34.1 Å². The first-order valence-corrected chi connectivity index (χ1v) is 5.90. The van der Waals surface area contributed by atoms with E-state index in [4.69, 9.17) is 16.3 Å². The molecule has 17 heavy (non-hydrogen) atoms. The number of pyridine rings is 1. The fourth-order valence-corrected chi connectivity index (χ4v) is 1.63. The molecule has 0 spiro atoms. The summed E-state index contributed by atoms with van der Waals surface area (Å²) in [6.45, 7) is 0. The second kappa shape index (κ2) is 5.29. The van der Waals surface area contributed by atoms with E-state index in [2.05, 4.69) is 20.9 Å². The largest absolute Gasteiger partial charge is 0.438 e. The molecule has 5 heteroatoms. The minimum Gasteiger partial charge on any atom is -0.438 e. The Bertz CT molecular complexity index is 543. The van der Waals surface area contributed by atoms with Gasteiger partial charge in [0.15, 0.2) is 6.29 Å². The highest BCUT2D eigenvalue weighted by atomic mass is 79.9. The highest BCUT2D eigenvalue weighted by molar-refractivity contribution is 9.10. The van der Waals surface area contributed by atoms with Crippen molar-refractivity contribution in [1.29, 1.82) is 0 Å². The van der Waals surface area contributed by atoms with E-state index in [0.717, 1.165) is 4.47 Å². The fraction of sp³-hybridized carbons (Fsp3) is 0. The first kappa shape index (κ1) is 12.1. The summed E-state index contributed by atoms with van der Waals surface area (Å²) < 4.78 is 6.34. The summed E-state index contributed by atoms with van der Waals surface area (Å²) in [6, 6.07) is 8.30. The molecule has 0 unspecified atom stereocenters. The first-order chi connectivity index (χ1) is 8.19. The Balaban J connectivity index is 2.31. The Morgan fingerprint density at radius 1 is 1.29 bits per heavy atom. The van der Waals surface area contributed by atoms with E-state index < -0.39 is 0 Å². The van der Waals surface area contributed by atoms with Crippen molar-refractivity contribution >= 4 is 33.8 Å². The molecule has 0 saturated carbocycles. The lowest BCUT2D eigenvalue weighted by molar-refractivity contribution is 0.112. The number of ether oxygens (including phenoxy) is 1. The van der Waals surface area contributed by atoms with Gasteiger partial charge in [-0.25, -0.2) is 4.98 Å². The summed E-state index contributed by atoms with van der Waals surface area (Å²) in [6.07, 6.45) is 2.32. The van der Waals surface area contributed by atoms with E-state index >= 15 is 0 Å². The molecule has 0 N–H and O–H groups in total. The minimum absolute atomic E-state index is 0.391. The van der Waals surface area contributed by atoms with Gasteiger partial charge in [-0.1, -0.05) is 11.6 Å². The number of hydrogen-bond acceptors (Lipinski definition) is 3. The van der Waals surface area contributed by atoms with E-state index in [1.807, 2.05) is 0 Å². The van der Waals surface area contributed by atoms with Crippen molar-refractivity contribution in [3.05, 3.63) is 51.6 Å². The third-order valence-corrected chi connectivity index (χ3v) is 2.72. The first-order valence-electron chi connectivity index (χ1n) is 4.73. The monoisotopic (exact) mass is 311 g/mol. The van der Waals surface area contributed by atoms with Crippen molar-refractivity contribution in [3.63, 3.8) is 0 Å². The summed E-state index contributed by atoms with van der Waals surface area (Å²) in [5.74, 6) is 0.792. The van der Waals surface area contributed by atoms with Gasteiger partial charge in [0.05, 0.1) is 5.56 Å². The number of carbonyl (C=O) groups is 1. The Morgan fingerprint density at radius 2 is 2.12 bits per heavy atom. The van der Waals surface area contributed by atoms with Crippen molar-refractivity contribution in [3.8, 4) is 11.6 Å². The van der Waals surface area contributed by atoms with Crippen LogP contribution in [0.25, 0.3) is 0 Å². The van der Waals surface area contributed by atoms with Crippen LogP contribution in [0, 0.1) is 0 Å². The van der Waals surface area contributed by atoms with Gasteiger partial charge >= 0.3 is 0 Å². The van der Waals surface area contributed by atoms with E-state index in [-0.39, 0.29) is 0 Å². The van der Waals surface area contributed by atoms with Gasteiger partial charge in [0.1, 0.15) is 5.75 Å². The molecule has 1 heterocycles. The number of nitrogens with zero attached hydrogens (tertiary/aromatic N) is 1. The lowest BCUT2D eigenvalue weighted by Crippen LogP contribution is -1.92. The van der Waals surface area contributed by atoms with Crippen LogP contribution < -0.4 is 4.74 Å². The van der Waals surface area contributed by atoms with Gasteiger partial charge < -0.3 is 4.74 Å². The number of aldehydes is 1. The molecule has 0 amide bonds. The molecule has 0 bridgehead atoms. The number of hydrogen-bond donors (Lipinski definition) is 0. The van der Waals surface area contributed by atoms with Crippen molar-refractivity contribution in [1.82, 2.24) is 4.98 Å². The molecule has 0 saturated heterocycles. The average Bonchev–Trinajstić information content (AvgIpc) is 2.32. The van der Waals surface area contributed by atoms with Crippen LogP contribution in [0.3, 0.4) is 0 Å². The summed E-state index contributed by atoms with van der Waals surface area (Å²) in [5.41, 5.74) is 0.430. The van der Waals surface area contributed by atoms with Crippen LogP contribution in [0.1, 0.15) is 10.4 Å². The van der Waals surface area contributed by atoms with Crippen LogP contribution in [0.2, 0.25) is 5.02 Å². The number of carbonyl (C=O) groups excluding carboxylic acids is 1. The van der Waals surface area contributed by atoms with Crippen LogP contribution in [0.4, 0.5) is 0 Å². The predicted molar refractivity (Wildman–Crippen MR) is 68.9 cm³/mol. The van der Waals surface area contributed by atoms with Crippen LogP contribution in [-0.4, -0.2) is 11.3 Å². The van der Waals surface area contributed by atoms with Gasteiger partial charge in [-0.15, -0.1) is 0 Å². The zero-order valence-electron chi connectivity index (χ0n) is 8.56. The number of benzene rings is 1. The summed E-state index contributed by atoms with van der Waals surface area (Å²) in [4.78, 5) is 14.9. The molecule has 0 aliphatic heterocycles. The summed E-state index contributed by atoms with van der Waals surface area (Å²) in [7, 11) is 0. The minimum atomic E-state index is 0.391. The third kappa shape index (κ3) is 3.05. The van der Waals surface area contributed by atoms with E-state index in [1.165, 1.54) is 0 Å². The zero-order chi connectivity index (χ0) is 12.3. The quantitative estimate of drug-likeness (QED) is 0.801. The predicted octanol–water partition coefficient (Wildman–Crippen LogP) is 4.10. The van der Waals surface area contributed by atoms with Crippen LogP contribution in [-0.2, 0) is 0 Å². The summed E-state index contributed by atoms with van der Waals surface area (Å²) in [5, 5.41) is 0.503. The molecular formula is C12H7BrClNO2. The molecule has 0 aliphatic rings. The molecule has 0 aliphatic carbocycles. The Morgan fingerprint density at radius 3 is 2.76 bits per heavy atom. The van der Waals surface area contributed by atoms with Crippen molar-refractivity contribution in [2.45, 2.75) is 0 Å². The normalized spacial score (nSPS) is 10.0. The topological polar surface area (TPSA) is 39.2 Å². The molecule has 1 aromatic carbocycles. The average molecular weight is 313 g/mol. The molecule has 0 atom stereocenters. The summed E-state index contributed by atoms with van der Waals surface area (Å²) >= 11 is 9.12. The van der Waals surface area contributed by atoms with Gasteiger partial charge in [0.25, 0.3) is 0 Å². The third-order valence-electron chi connectivity index (χ3n) is 2.02. The maximum absolute atomic E-state index is 10.8. The molecule has 1 aromatic heterocycles. The molecule has 86 valence electrons. The van der Waals surface area contributed by atoms with Crippen molar-refractivity contribution in [2.75, 3.05) is 0 Å². The molecule has 2 rings (SSSR count). The van der Waals surface area contributed by atoms with E-state index in [9.17, 15) is 4.79 Å². The van der Waals surface area contributed by atoms with Gasteiger partial charge in [0.2, 0.25) is 5.88 Å². The van der Waals surface area contributed by atoms with E-state index in [1.54, 1.807) is 36.5 Å². The SMILES string of the molecule is O=Cc1ccc(Cl)cc1Oc1ccc(Br)cn1. The number of rotatable bonds is 3. The second-order valence-electron chi connectivity index (χ2n) is 3.22. The molecule has 0 radical (unpaired) electrons. The van der Waals surface area contributed by atoms with Crippen molar-refractivity contribution < 1.29 is 9.53 Å². The fourth-order valence-electron chi connectivity index (χ4n) is 1.23. The van der Waals surface area contributed by atoms with Gasteiger partial charge in [-0.2, -0.15) is 0 Å². The van der Waals surface area contributed by atoms with Crippen LogP contribution >= 0.6 is 27.5 Å². The molecule has 3 nitrogen and oxygen atoms in total. The van der Waals surface area contributed by atoms with Crippen molar-refractivity contribution in [2.24, 2.45) is 0 Å². The second-order valence-corrected chi connectivity index (χ2v) is 4.57. The maximum Gasteiger partial charge on any atom is 0.219 e. The highest BCUT2D eigenvalue weighted by Crippen LogP contribution is 2.26.